The minimum atomic E-state index is -4.23. The van der Waals surface area contributed by atoms with Gasteiger partial charge in [-0.3, -0.25) is 18.2 Å². The number of hydrogen-bond acceptors (Lipinski definition) is 12. The molecule has 0 aliphatic rings. The molecule has 0 bridgehead atoms. The summed E-state index contributed by atoms with van der Waals surface area (Å²) in [6, 6.07) is 0. The first-order valence-electron chi connectivity index (χ1n) is 26.7. The third-order valence-corrected chi connectivity index (χ3v) is 12.8. The summed E-state index contributed by atoms with van der Waals surface area (Å²) >= 11 is 0. The molecule has 0 radical (unpaired) electrons. The first-order valence-corrected chi connectivity index (χ1v) is 32.2. The fourth-order valence-electron chi connectivity index (χ4n) is 7.01. The molecule has 416 valence electrons. The van der Waals surface area contributed by atoms with E-state index in [1.54, 1.807) is 0 Å². The van der Waals surface area contributed by atoms with E-state index in [0.717, 1.165) is 51.4 Å². The van der Waals surface area contributed by atoms with Crippen molar-refractivity contribution in [3.05, 3.63) is 0 Å². The third kappa shape index (κ3) is 240. The normalized spacial score (nSPS) is 8.60. The van der Waals surface area contributed by atoms with Crippen molar-refractivity contribution < 1.29 is 837 Å². The fraction of sp³-hybridized carbons (Fsp3) is 1.00. The van der Waals surface area contributed by atoms with Gasteiger partial charge in [0.25, 0.3) is 0 Å². The van der Waals surface area contributed by atoms with Gasteiger partial charge < -0.3 is 0 Å². The van der Waals surface area contributed by atoms with E-state index < -0.39 is 41.6 Å². The minimum Gasteiger partial charge on any atom is -0.264 e. The van der Waals surface area contributed by atoms with Crippen LogP contribution in [-0.2, 0) is 58.3 Å². The molecule has 0 aromatic carbocycles. The monoisotopic (exact) mass is 1660 g/mol. The predicted octanol–water partition coefficient (Wildman–Crippen LogP) is -63.0. The molecule has 0 saturated heterocycles. The van der Waals surface area contributed by atoms with Crippen molar-refractivity contribution in [2.45, 2.75) is 285 Å². The molecule has 0 aromatic rings. The van der Waals surface area contributed by atoms with Crippen LogP contribution in [0.5, 0.6) is 0 Å². The van der Waals surface area contributed by atoms with Gasteiger partial charge in [0.15, 0.2) is 0 Å². The van der Waals surface area contributed by atoms with Crippen LogP contribution >= 0.6 is 0 Å². The molecule has 0 heterocycles. The standard InChI is InChI=1S/4C12H26O4S.26Na/c4*1-2-3-4-5-6-7-8-9-10-11-12-16-17(13,14)15;;;;;;;;;;;;;;;;;;;;;;;;;;/h4*2-12H2,1H3,(H,13,14,15);;;;;;;;;;;;;;;;;;;;;;;;;;/q;;;;26*+1. The summed E-state index contributed by atoms with van der Waals surface area (Å²) in [6.07, 6.45) is 47.4. The first-order chi connectivity index (χ1) is 32.2. The molecule has 0 amide bonds. The third-order valence-electron chi connectivity index (χ3n) is 10.9. The van der Waals surface area contributed by atoms with Crippen LogP contribution in [0, 0.1) is 0 Å². The van der Waals surface area contributed by atoms with Gasteiger partial charge in [-0.2, -0.15) is 33.7 Å². The Labute approximate surface area is 1160 Å². The molecule has 0 fully saturated rings. The molecule has 0 aromatic heterocycles. The van der Waals surface area contributed by atoms with Crippen LogP contribution in [0.1, 0.15) is 285 Å². The zero-order chi connectivity index (χ0) is 51.9. The first kappa shape index (κ1) is 209. The molecule has 0 unspecified atom stereocenters. The van der Waals surface area contributed by atoms with Gasteiger partial charge in [-0.15, -0.1) is 0 Å². The van der Waals surface area contributed by atoms with Crippen molar-refractivity contribution in [3.63, 3.8) is 0 Å². The van der Waals surface area contributed by atoms with Gasteiger partial charge in [0, 0.05) is 0 Å². The van der Waals surface area contributed by atoms with Gasteiger partial charge in [-0.25, -0.2) is 16.7 Å². The van der Waals surface area contributed by atoms with E-state index in [4.69, 9.17) is 18.2 Å². The van der Waals surface area contributed by atoms with Gasteiger partial charge in [-0.05, 0) is 25.7 Å². The van der Waals surface area contributed by atoms with Gasteiger partial charge >= 0.3 is 810 Å². The van der Waals surface area contributed by atoms with Gasteiger partial charge in [0.2, 0.25) is 0 Å². The van der Waals surface area contributed by atoms with Crippen molar-refractivity contribution in [1.82, 2.24) is 0 Å². The van der Waals surface area contributed by atoms with E-state index in [2.05, 4.69) is 44.4 Å². The summed E-state index contributed by atoms with van der Waals surface area (Å²) in [6.45, 7) is 9.24. The Kier molecular flexibility index (Phi) is 383. The second-order valence-electron chi connectivity index (χ2n) is 17.7. The summed E-state index contributed by atoms with van der Waals surface area (Å²) < 4.78 is 132. The molecule has 0 atom stereocenters. The zero-order valence-electron chi connectivity index (χ0n) is 69.4. The molecule has 16 nitrogen and oxygen atoms in total. The average molecular weight is 1660 g/mol. The van der Waals surface area contributed by atoms with Crippen molar-refractivity contribution in [1.29, 1.82) is 0 Å². The molecule has 0 rings (SSSR count). The molecular weight excluding hydrogens is 1560 g/mol. The predicted molar refractivity (Wildman–Crippen MR) is 277 cm³/mol. The van der Waals surface area contributed by atoms with Crippen LogP contribution < -0.4 is 768 Å². The van der Waals surface area contributed by atoms with Crippen molar-refractivity contribution in [3.8, 4) is 0 Å². The smallest absolute Gasteiger partial charge is 0.264 e. The largest absolute Gasteiger partial charge is 1.00 e. The quantitative estimate of drug-likeness (QED) is 0.0251. The Bertz CT molecular complexity index is 1290. The zero-order valence-corrected chi connectivity index (χ0v) is 125. The second kappa shape index (κ2) is 172. The van der Waals surface area contributed by atoms with Crippen LogP contribution in [0.2, 0.25) is 0 Å². The van der Waals surface area contributed by atoms with E-state index in [9.17, 15) is 33.7 Å². The maximum absolute atomic E-state index is 10.2. The number of unbranched alkanes of at least 4 members (excludes halogenated alkanes) is 36. The fourth-order valence-corrected chi connectivity index (χ4v) is 8.33. The van der Waals surface area contributed by atoms with Crippen molar-refractivity contribution in [2.75, 3.05) is 26.4 Å². The van der Waals surface area contributed by atoms with E-state index in [1.807, 2.05) is 0 Å². The van der Waals surface area contributed by atoms with Crippen molar-refractivity contribution >= 4 is 41.6 Å². The molecule has 0 spiro atoms. The molecule has 0 saturated carbocycles. The molecule has 0 aliphatic heterocycles. The summed E-state index contributed by atoms with van der Waals surface area (Å²) in [5, 5.41) is 0. The van der Waals surface area contributed by atoms with Crippen LogP contribution in [0.15, 0.2) is 0 Å². The van der Waals surface area contributed by atoms with Gasteiger partial charge in [0.05, 0.1) is 26.4 Å². The van der Waals surface area contributed by atoms with E-state index in [-0.39, 0.29) is 795 Å². The minimum absolute atomic E-state index is 0. The average Bonchev–Trinajstić information content (AvgIpc) is 3.25. The van der Waals surface area contributed by atoms with Gasteiger partial charge in [0.1, 0.15) is 0 Å². The summed E-state index contributed by atoms with van der Waals surface area (Å²) in [5.74, 6) is 0. The SMILES string of the molecule is CCCCCCCCCCCCOS(=O)(=O)O.CCCCCCCCCCCCOS(=O)(=O)O.CCCCCCCCCCCCOS(=O)(=O)O.CCCCCCCCCCCCOS(=O)(=O)O.[Na+].[Na+].[Na+].[Na+].[Na+].[Na+].[Na+].[Na+].[Na+].[Na+].[Na+].[Na+].[Na+].[Na+].[Na+].[Na+].[Na+].[Na+].[Na+].[Na+].[Na+].[Na+].[Na+].[Na+].[Na+].[Na+]. The number of hydrogen-bond donors (Lipinski definition) is 4. The molecule has 94 heavy (non-hydrogen) atoms. The second-order valence-corrected chi connectivity index (χ2v) is 22.1. The molecule has 46 heteroatoms. The summed E-state index contributed by atoms with van der Waals surface area (Å²) in [5.41, 5.74) is 0. The van der Waals surface area contributed by atoms with E-state index in [1.165, 1.54) is 180 Å². The van der Waals surface area contributed by atoms with Crippen LogP contribution in [0.3, 0.4) is 0 Å². The molecule has 4 N–H and O–H groups in total. The maximum atomic E-state index is 10.2. The van der Waals surface area contributed by atoms with Crippen LogP contribution in [0.4, 0.5) is 0 Å². The maximum Gasteiger partial charge on any atom is 1.00 e. The number of rotatable bonds is 48. The van der Waals surface area contributed by atoms with E-state index in [0.29, 0.717) is 25.7 Å². The Balaban J connectivity index is -0.0000000190. The van der Waals surface area contributed by atoms with Crippen molar-refractivity contribution in [2.24, 2.45) is 0 Å². The summed E-state index contributed by atoms with van der Waals surface area (Å²) in [4.78, 5) is 0. The van der Waals surface area contributed by atoms with E-state index >= 15 is 0 Å². The Morgan fingerprint density at radius 2 is 0.234 bits per heavy atom. The summed E-state index contributed by atoms with van der Waals surface area (Å²) in [7, 11) is -16.9. The molecular formula is C48H104Na26O16S4+26. The Morgan fingerprint density at radius 1 is 0.160 bits per heavy atom. The van der Waals surface area contributed by atoms with Crippen LogP contribution in [0.25, 0.3) is 0 Å². The van der Waals surface area contributed by atoms with Gasteiger partial charge in [-0.1, -0.05) is 259 Å². The van der Waals surface area contributed by atoms with Crippen LogP contribution in [-0.4, -0.2) is 78.3 Å². The Morgan fingerprint density at radius 3 is 0.309 bits per heavy atom. The topological polar surface area (TPSA) is 254 Å². The Hall–Kier alpha value is 25.5. The molecule has 0 aliphatic carbocycles.